The first-order chi connectivity index (χ1) is 8.13. The highest BCUT2D eigenvalue weighted by Crippen LogP contribution is 2.11. The third-order valence-corrected chi connectivity index (χ3v) is 2.30. The van der Waals surface area contributed by atoms with E-state index in [4.69, 9.17) is 15.5 Å². The zero-order valence-electron chi connectivity index (χ0n) is 9.26. The molecule has 0 aliphatic rings. The Morgan fingerprint density at radius 2 is 2.06 bits per heavy atom. The van der Waals surface area contributed by atoms with E-state index in [9.17, 15) is 4.79 Å². The first-order valence-corrected chi connectivity index (χ1v) is 5.24. The first-order valence-electron chi connectivity index (χ1n) is 5.24. The largest absolute Gasteiger partial charge is 0.508 e. The lowest BCUT2D eigenvalue weighted by molar-refractivity contribution is -0.139. The Morgan fingerprint density at radius 1 is 1.41 bits per heavy atom. The minimum absolute atomic E-state index is 0.151. The Morgan fingerprint density at radius 3 is 2.59 bits per heavy atom. The van der Waals surface area contributed by atoms with Crippen molar-refractivity contribution in [1.29, 1.82) is 5.26 Å². The molecule has 0 saturated heterocycles. The van der Waals surface area contributed by atoms with Crippen molar-refractivity contribution in [2.75, 3.05) is 6.54 Å². The van der Waals surface area contributed by atoms with E-state index in [1.807, 2.05) is 6.07 Å². The van der Waals surface area contributed by atoms with E-state index in [0.717, 1.165) is 5.56 Å². The van der Waals surface area contributed by atoms with E-state index in [1.54, 1.807) is 12.1 Å². The second-order valence-corrected chi connectivity index (χ2v) is 3.62. The summed E-state index contributed by atoms with van der Waals surface area (Å²) in [6, 6.07) is 7.62. The number of phenolic OH excluding ortho intramolecular Hbond substituents is 1. The van der Waals surface area contributed by atoms with Gasteiger partial charge in [-0.25, -0.2) is 0 Å². The minimum Gasteiger partial charge on any atom is -0.508 e. The van der Waals surface area contributed by atoms with Gasteiger partial charge in [-0.2, -0.15) is 5.26 Å². The van der Waals surface area contributed by atoms with Crippen molar-refractivity contribution in [3.8, 4) is 11.8 Å². The van der Waals surface area contributed by atoms with Crippen LogP contribution in [0.5, 0.6) is 5.75 Å². The predicted molar refractivity (Wildman–Crippen MR) is 61.5 cm³/mol. The second-order valence-electron chi connectivity index (χ2n) is 3.62. The number of phenols is 1. The molecule has 0 aliphatic carbocycles. The Bertz CT molecular complexity index is 409. The maximum atomic E-state index is 11.0. The molecule has 17 heavy (non-hydrogen) atoms. The summed E-state index contributed by atoms with van der Waals surface area (Å²) in [4.78, 5) is 11.0. The zero-order chi connectivity index (χ0) is 12.7. The molecule has 0 bridgehead atoms. The fourth-order valence-corrected chi connectivity index (χ4v) is 1.42. The summed E-state index contributed by atoms with van der Waals surface area (Å²) in [6.07, 6.45) is 0.598. The highest BCUT2D eigenvalue weighted by molar-refractivity contribution is 5.73. The van der Waals surface area contributed by atoms with E-state index in [-0.39, 0.29) is 12.2 Å². The number of nitriles is 1. The molecule has 0 aliphatic heterocycles. The minimum atomic E-state index is -0.948. The number of benzene rings is 1. The van der Waals surface area contributed by atoms with Crippen molar-refractivity contribution in [2.45, 2.75) is 18.9 Å². The van der Waals surface area contributed by atoms with Gasteiger partial charge in [0.25, 0.3) is 0 Å². The second kappa shape index (κ2) is 6.51. The molecule has 1 atom stereocenters. The van der Waals surface area contributed by atoms with Gasteiger partial charge in [-0.3, -0.25) is 4.79 Å². The molecule has 3 N–H and O–H groups in total. The number of aliphatic carboxylic acids is 1. The van der Waals surface area contributed by atoms with Crippen LogP contribution >= 0.6 is 0 Å². The van der Waals surface area contributed by atoms with Gasteiger partial charge in [0.2, 0.25) is 0 Å². The summed E-state index contributed by atoms with van der Waals surface area (Å²) < 4.78 is 0. The Balaban J connectivity index is 2.57. The van der Waals surface area contributed by atoms with Crippen LogP contribution in [-0.4, -0.2) is 28.8 Å². The predicted octanol–water partition coefficient (Wildman–Crippen LogP) is 0.891. The molecule has 0 radical (unpaired) electrons. The number of hydrogen-bond donors (Lipinski definition) is 3. The van der Waals surface area contributed by atoms with Crippen molar-refractivity contribution in [3.05, 3.63) is 29.8 Å². The van der Waals surface area contributed by atoms with Crippen molar-refractivity contribution in [1.82, 2.24) is 5.32 Å². The number of rotatable bonds is 6. The maximum Gasteiger partial charge on any atom is 0.321 e. The molecule has 1 aromatic carbocycles. The van der Waals surface area contributed by atoms with Crippen LogP contribution in [0.25, 0.3) is 0 Å². The number of nitrogens with zero attached hydrogens (tertiary/aromatic N) is 1. The third kappa shape index (κ3) is 4.53. The third-order valence-electron chi connectivity index (χ3n) is 2.30. The van der Waals surface area contributed by atoms with Crippen LogP contribution in [-0.2, 0) is 11.2 Å². The summed E-state index contributed by atoms with van der Waals surface area (Å²) in [5.41, 5.74) is 0.819. The molecule has 0 spiro atoms. The topological polar surface area (TPSA) is 93.4 Å². The Labute approximate surface area is 99.3 Å². The lowest BCUT2D eigenvalue weighted by Gasteiger charge is -2.13. The SMILES string of the molecule is N#CCCN[C@@H](Cc1ccc(O)cc1)C(=O)O. The van der Waals surface area contributed by atoms with Crippen molar-refractivity contribution < 1.29 is 15.0 Å². The van der Waals surface area contributed by atoms with E-state index in [0.29, 0.717) is 13.0 Å². The molecule has 1 aromatic rings. The highest BCUT2D eigenvalue weighted by Gasteiger charge is 2.16. The number of carboxylic acid groups (broad SMARTS) is 1. The van der Waals surface area contributed by atoms with Gasteiger partial charge in [-0.15, -0.1) is 0 Å². The average molecular weight is 234 g/mol. The fraction of sp³-hybridized carbons (Fsp3) is 0.333. The number of hydrogen-bond acceptors (Lipinski definition) is 4. The van der Waals surface area contributed by atoms with Gasteiger partial charge in [0, 0.05) is 13.0 Å². The van der Waals surface area contributed by atoms with Gasteiger partial charge in [-0.1, -0.05) is 12.1 Å². The molecule has 0 fully saturated rings. The molecule has 90 valence electrons. The summed E-state index contributed by atoms with van der Waals surface area (Å²) in [5, 5.41) is 29.3. The summed E-state index contributed by atoms with van der Waals surface area (Å²) in [5.74, 6) is -0.797. The number of aromatic hydroxyl groups is 1. The average Bonchev–Trinajstić information content (AvgIpc) is 2.30. The molecule has 0 unspecified atom stereocenters. The number of carboxylic acids is 1. The lowest BCUT2D eigenvalue weighted by atomic mass is 10.1. The van der Waals surface area contributed by atoms with Gasteiger partial charge >= 0.3 is 5.97 Å². The monoisotopic (exact) mass is 234 g/mol. The molecular formula is C12H14N2O3. The molecule has 0 heterocycles. The molecule has 0 saturated carbocycles. The van der Waals surface area contributed by atoms with Crippen LogP contribution in [0.2, 0.25) is 0 Å². The maximum absolute atomic E-state index is 11.0. The van der Waals surface area contributed by atoms with E-state index >= 15 is 0 Å². The summed E-state index contributed by atoms with van der Waals surface area (Å²) in [7, 11) is 0. The van der Waals surface area contributed by atoms with Crippen LogP contribution in [0, 0.1) is 11.3 Å². The fourth-order valence-electron chi connectivity index (χ4n) is 1.42. The van der Waals surface area contributed by atoms with Crippen LogP contribution in [0.15, 0.2) is 24.3 Å². The summed E-state index contributed by atoms with van der Waals surface area (Å²) in [6.45, 7) is 0.353. The van der Waals surface area contributed by atoms with Gasteiger partial charge in [0.15, 0.2) is 0 Å². The Hall–Kier alpha value is -2.06. The van der Waals surface area contributed by atoms with Crippen LogP contribution in [0.3, 0.4) is 0 Å². The lowest BCUT2D eigenvalue weighted by Crippen LogP contribution is -2.38. The normalized spacial score (nSPS) is 11.7. The van der Waals surface area contributed by atoms with E-state index in [1.165, 1.54) is 12.1 Å². The zero-order valence-corrected chi connectivity index (χ0v) is 9.26. The van der Waals surface area contributed by atoms with Crippen LogP contribution in [0.4, 0.5) is 0 Å². The summed E-state index contributed by atoms with van der Waals surface area (Å²) >= 11 is 0. The van der Waals surface area contributed by atoms with Gasteiger partial charge in [-0.05, 0) is 24.1 Å². The van der Waals surface area contributed by atoms with Crippen LogP contribution < -0.4 is 5.32 Å². The molecule has 1 rings (SSSR count). The van der Waals surface area contributed by atoms with E-state index in [2.05, 4.69) is 5.32 Å². The van der Waals surface area contributed by atoms with E-state index < -0.39 is 12.0 Å². The van der Waals surface area contributed by atoms with Crippen LogP contribution in [0.1, 0.15) is 12.0 Å². The number of carbonyl (C=O) groups is 1. The molecule has 0 aromatic heterocycles. The molecule has 5 nitrogen and oxygen atoms in total. The first kappa shape index (κ1) is 13.0. The van der Waals surface area contributed by atoms with Crippen molar-refractivity contribution in [3.63, 3.8) is 0 Å². The molecule has 0 amide bonds. The number of nitrogens with one attached hydrogen (secondary N) is 1. The smallest absolute Gasteiger partial charge is 0.321 e. The highest BCUT2D eigenvalue weighted by atomic mass is 16.4. The molecular weight excluding hydrogens is 220 g/mol. The van der Waals surface area contributed by atoms with Gasteiger partial charge in [0.1, 0.15) is 11.8 Å². The van der Waals surface area contributed by atoms with Gasteiger partial charge in [0.05, 0.1) is 6.07 Å². The molecule has 5 heteroatoms. The van der Waals surface area contributed by atoms with Crippen molar-refractivity contribution >= 4 is 5.97 Å². The quantitative estimate of drug-likeness (QED) is 0.635. The van der Waals surface area contributed by atoms with Gasteiger partial charge < -0.3 is 15.5 Å². The van der Waals surface area contributed by atoms with Crippen molar-refractivity contribution in [2.24, 2.45) is 0 Å². The Kier molecular flexibility index (Phi) is 4.98. The standard InChI is InChI=1S/C12H14N2O3/c13-6-1-7-14-11(12(16)17)8-9-2-4-10(15)5-3-9/h2-5,11,14-15H,1,7-8H2,(H,16,17)/t11-/m0/s1.